The molecule has 7 heteroatoms. The lowest BCUT2D eigenvalue weighted by Crippen LogP contribution is -2.41. The van der Waals surface area contributed by atoms with E-state index in [1.165, 1.54) is 31.0 Å². The van der Waals surface area contributed by atoms with Crippen LogP contribution in [0.5, 0.6) is 0 Å². The van der Waals surface area contributed by atoms with Gasteiger partial charge in [-0.3, -0.25) is 0 Å². The van der Waals surface area contributed by atoms with Crippen LogP contribution in [0.25, 0.3) is 0 Å². The summed E-state index contributed by atoms with van der Waals surface area (Å²) in [5.41, 5.74) is 3.01. The van der Waals surface area contributed by atoms with Gasteiger partial charge in [0.1, 0.15) is 6.04 Å². The number of hydrogen-bond acceptors (Lipinski definition) is 5. The Balaban J connectivity index is 1.84. The maximum Gasteiger partial charge on any atom is 0.328 e. The summed E-state index contributed by atoms with van der Waals surface area (Å²) in [6.07, 6.45) is 5.99. The van der Waals surface area contributed by atoms with E-state index in [1.54, 1.807) is 4.68 Å². The van der Waals surface area contributed by atoms with Gasteiger partial charge in [-0.1, -0.05) is 31.0 Å². The summed E-state index contributed by atoms with van der Waals surface area (Å²) in [5, 5.41) is 18.3. The number of carboxylic acids is 1. The number of aliphatic carboxylic acids is 1. The Bertz CT molecular complexity index is 456. The van der Waals surface area contributed by atoms with Crippen molar-refractivity contribution < 1.29 is 9.90 Å². The van der Waals surface area contributed by atoms with Crippen LogP contribution in [-0.2, 0) is 4.79 Å². The van der Waals surface area contributed by atoms with Crippen molar-refractivity contribution in [3.8, 4) is 0 Å². The molecule has 0 aromatic carbocycles. The highest BCUT2D eigenvalue weighted by Crippen LogP contribution is 2.33. The minimum Gasteiger partial charge on any atom is -0.480 e. The number of nitrogens with one attached hydrogen (secondary N) is 1. The summed E-state index contributed by atoms with van der Waals surface area (Å²) in [4.78, 5) is 11.0. The van der Waals surface area contributed by atoms with Gasteiger partial charge < -0.3 is 10.5 Å². The molecule has 3 rings (SSSR count). The van der Waals surface area contributed by atoms with Gasteiger partial charge in [0.25, 0.3) is 0 Å². The quantitative estimate of drug-likeness (QED) is 0.844. The molecule has 2 aliphatic rings. The summed E-state index contributed by atoms with van der Waals surface area (Å²) in [6, 6.07) is -0.555. The zero-order valence-corrected chi connectivity index (χ0v) is 10.8. The average Bonchev–Trinajstić information content (AvgIpc) is 2.82. The number of carboxylic acid groups (broad SMARTS) is 1. The monoisotopic (exact) mass is 268 g/mol. The number of aromatic nitrogens is 3. The Morgan fingerprint density at radius 2 is 2.11 bits per heavy atom. The van der Waals surface area contributed by atoms with E-state index >= 15 is 0 Å². The molecule has 98 valence electrons. The van der Waals surface area contributed by atoms with Crippen molar-refractivity contribution in [3.05, 3.63) is 5.82 Å². The van der Waals surface area contributed by atoms with Crippen LogP contribution in [0.3, 0.4) is 0 Å². The molecule has 0 saturated heterocycles. The predicted octanol–water partition coefficient (Wildman–Crippen LogP) is 1.43. The van der Waals surface area contributed by atoms with Crippen molar-refractivity contribution in [3.63, 3.8) is 0 Å². The zero-order valence-electron chi connectivity index (χ0n) is 10.0. The van der Waals surface area contributed by atoms with Gasteiger partial charge in [-0.2, -0.15) is 0 Å². The van der Waals surface area contributed by atoms with Crippen LogP contribution < -0.4 is 5.43 Å². The van der Waals surface area contributed by atoms with Crippen molar-refractivity contribution in [2.24, 2.45) is 0 Å². The molecule has 1 unspecified atom stereocenters. The van der Waals surface area contributed by atoms with E-state index in [1.807, 2.05) is 0 Å². The third-order valence-electron chi connectivity index (χ3n) is 3.59. The minimum atomic E-state index is -0.823. The maximum atomic E-state index is 11.0. The van der Waals surface area contributed by atoms with Gasteiger partial charge in [0.2, 0.25) is 5.16 Å². The van der Waals surface area contributed by atoms with Crippen molar-refractivity contribution in [2.75, 3.05) is 11.2 Å². The number of fused-ring (bicyclic) bond motifs is 1. The van der Waals surface area contributed by atoms with E-state index in [2.05, 4.69) is 15.6 Å². The number of thioether (sulfide) groups is 1. The molecule has 1 aliphatic carbocycles. The highest BCUT2D eigenvalue weighted by atomic mass is 32.2. The van der Waals surface area contributed by atoms with Gasteiger partial charge in [-0.15, -0.1) is 10.2 Å². The molecule has 0 amide bonds. The Morgan fingerprint density at radius 3 is 2.83 bits per heavy atom. The van der Waals surface area contributed by atoms with E-state index in [9.17, 15) is 4.79 Å². The lowest BCUT2D eigenvalue weighted by Gasteiger charge is -2.26. The van der Waals surface area contributed by atoms with Crippen LogP contribution in [0.15, 0.2) is 5.16 Å². The Morgan fingerprint density at radius 1 is 1.33 bits per heavy atom. The summed E-state index contributed by atoms with van der Waals surface area (Å²) < 4.78 is 1.79. The summed E-state index contributed by atoms with van der Waals surface area (Å²) >= 11 is 1.46. The Kier molecular flexibility index (Phi) is 3.15. The first-order valence-electron chi connectivity index (χ1n) is 6.33. The van der Waals surface area contributed by atoms with Gasteiger partial charge in [-0.05, 0) is 12.8 Å². The standard InChI is InChI=1S/C11H16N4O2S/c16-10(17)8-6-18-11-13-12-9(15(11)14-8)7-4-2-1-3-5-7/h7-8,14H,1-6H2,(H,16,17). The predicted molar refractivity (Wildman–Crippen MR) is 67.4 cm³/mol. The van der Waals surface area contributed by atoms with Crippen LogP contribution in [0.1, 0.15) is 43.8 Å². The Labute approximate surface area is 109 Å². The fourth-order valence-electron chi connectivity index (χ4n) is 2.60. The molecular formula is C11H16N4O2S. The van der Waals surface area contributed by atoms with Gasteiger partial charge in [0, 0.05) is 11.7 Å². The van der Waals surface area contributed by atoms with Crippen molar-refractivity contribution in [1.82, 2.24) is 14.9 Å². The third-order valence-corrected chi connectivity index (χ3v) is 4.61. The summed E-state index contributed by atoms with van der Waals surface area (Å²) in [5.74, 6) is 0.998. The first-order chi connectivity index (χ1) is 8.75. The molecule has 1 aromatic heterocycles. The molecule has 0 spiro atoms. The molecule has 1 fully saturated rings. The molecule has 0 radical (unpaired) electrons. The second kappa shape index (κ2) is 4.79. The van der Waals surface area contributed by atoms with E-state index < -0.39 is 12.0 Å². The lowest BCUT2D eigenvalue weighted by molar-refractivity contribution is -0.137. The third kappa shape index (κ3) is 2.07. The van der Waals surface area contributed by atoms with Gasteiger partial charge >= 0.3 is 5.97 Å². The highest BCUT2D eigenvalue weighted by molar-refractivity contribution is 7.99. The first kappa shape index (κ1) is 11.8. The fourth-order valence-corrected chi connectivity index (χ4v) is 3.51. The number of nitrogens with zero attached hydrogens (tertiary/aromatic N) is 3. The second-order valence-electron chi connectivity index (χ2n) is 4.84. The van der Waals surface area contributed by atoms with E-state index in [-0.39, 0.29) is 0 Å². The first-order valence-corrected chi connectivity index (χ1v) is 7.31. The molecule has 0 bridgehead atoms. The lowest BCUT2D eigenvalue weighted by atomic mass is 9.89. The SMILES string of the molecule is O=C(O)C1CSc2nnc(C3CCCCC3)n2N1. The molecule has 2 heterocycles. The average molecular weight is 268 g/mol. The topological polar surface area (TPSA) is 80.0 Å². The number of rotatable bonds is 2. The van der Waals surface area contributed by atoms with E-state index in [4.69, 9.17) is 5.11 Å². The zero-order chi connectivity index (χ0) is 12.5. The van der Waals surface area contributed by atoms with Crippen LogP contribution in [0, 0.1) is 0 Å². The molecular weight excluding hydrogens is 252 g/mol. The number of carbonyl (C=O) groups is 1. The molecule has 1 atom stereocenters. The Hall–Kier alpha value is -1.24. The minimum absolute atomic E-state index is 0.417. The fraction of sp³-hybridized carbons (Fsp3) is 0.727. The van der Waals surface area contributed by atoms with Crippen molar-refractivity contribution in [1.29, 1.82) is 0 Å². The second-order valence-corrected chi connectivity index (χ2v) is 5.83. The van der Waals surface area contributed by atoms with Crippen LogP contribution in [0.2, 0.25) is 0 Å². The van der Waals surface area contributed by atoms with Crippen LogP contribution in [-0.4, -0.2) is 37.7 Å². The molecule has 2 N–H and O–H groups in total. The number of hydrogen-bond donors (Lipinski definition) is 2. The molecule has 6 nitrogen and oxygen atoms in total. The van der Waals surface area contributed by atoms with Gasteiger partial charge in [-0.25, -0.2) is 9.47 Å². The van der Waals surface area contributed by atoms with Crippen molar-refractivity contribution in [2.45, 2.75) is 49.2 Å². The molecule has 18 heavy (non-hydrogen) atoms. The van der Waals surface area contributed by atoms with E-state index in [0.29, 0.717) is 11.7 Å². The maximum absolute atomic E-state index is 11.0. The highest BCUT2D eigenvalue weighted by Gasteiger charge is 2.30. The van der Waals surface area contributed by atoms with Crippen LogP contribution >= 0.6 is 11.8 Å². The van der Waals surface area contributed by atoms with Gasteiger partial charge in [0.05, 0.1) is 0 Å². The van der Waals surface area contributed by atoms with E-state index in [0.717, 1.165) is 23.8 Å². The summed E-state index contributed by atoms with van der Waals surface area (Å²) in [6.45, 7) is 0. The summed E-state index contributed by atoms with van der Waals surface area (Å²) in [7, 11) is 0. The normalized spacial score (nSPS) is 24.3. The smallest absolute Gasteiger partial charge is 0.328 e. The molecule has 1 aliphatic heterocycles. The van der Waals surface area contributed by atoms with Crippen molar-refractivity contribution >= 4 is 17.7 Å². The van der Waals surface area contributed by atoms with Crippen LogP contribution in [0.4, 0.5) is 0 Å². The molecule has 1 saturated carbocycles. The van der Waals surface area contributed by atoms with Gasteiger partial charge in [0.15, 0.2) is 5.82 Å². The largest absolute Gasteiger partial charge is 0.480 e. The molecule has 1 aromatic rings.